The van der Waals surface area contributed by atoms with Crippen LogP contribution in [0.1, 0.15) is 25.7 Å². The van der Waals surface area contributed by atoms with Gasteiger partial charge in [-0.25, -0.2) is 8.42 Å². The summed E-state index contributed by atoms with van der Waals surface area (Å²) in [5, 5.41) is -7.83. The summed E-state index contributed by atoms with van der Waals surface area (Å²) in [7, 11) is -8.06. The van der Waals surface area contributed by atoms with Gasteiger partial charge in [0.15, 0.2) is 10.1 Å². The average Bonchev–Trinajstić information content (AvgIpc) is 2.55. The number of rotatable bonds is 11. The quantitative estimate of drug-likeness (QED) is 0.160. The summed E-state index contributed by atoms with van der Waals surface area (Å²) in [6.45, 7) is 0. The van der Waals surface area contributed by atoms with Crippen molar-refractivity contribution in [1.82, 2.24) is 0 Å². The summed E-state index contributed by atoms with van der Waals surface area (Å²) in [6, 6.07) is 0. The molecule has 200 valence electrons. The van der Waals surface area contributed by atoms with Crippen LogP contribution < -0.4 is 51.4 Å². The Hall–Kier alpha value is 0.356. The predicted molar refractivity (Wildman–Crippen MR) is 68.8 cm³/mol. The Labute approximate surface area is 220 Å². The molecule has 0 aliphatic heterocycles. The Morgan fingerprint density at radius 3 is 1.12 bits per heavy atom. The first-order valence-electron chi connectivity index (χ1n) is 7.62. The van der Waals surface area contributed by atoms with Crippen molar-refractivity contribution in [2.24, 2.45) is 0 Å². The van der Waals surface area contributed by atoms with Gasteiger partial charge in [0.1, 0.15) is 0 Å². The van der Waals surface area contributed by atoms with Gasteiger partial charge in [-0.1, -0.05) is 0 Å². The van der Waals surface area contributed by atoms with Gasteiger partial charge >= 0.3 is 98.4 Å². The molecule has 0 bridgehead atoms. The van der Waals surface area contributed by atoms with Gasteiger partial charge in [-0.2, -0.15) is 74.6 Å². The molecule has 3 nitrogen and oxygen atoms in total. The molecule has 0 saturated carbocycles. The van der Waals surface area contributed by atoms with E-state index in [4.69, 9.17) is 0 Å². The topological polar surface area (TPSA) is 57.2 Å². The molecule has 0 aromatic rings. The fourth-order valence-electron chi connectivity index (χ4n) is 1.99. The Morgan fingerprint density at radius 2 is 0.794 bits per heavy atom. The SMILES string of the molecule is O=S(=O)([O-])C(F)(F)C(F)(F)C(F)(F)C(F)(F)C(F)(F)C(F)(F)C(F)(F)CCCCC(F)(F)F.[K+]. The van der Waals surface area contributed by atoms with Crippen LogP contribution in [0.4, 0.5) is 74.6 Å². The van der Waals surface area contributed by atoms with E-state index in [1.807, 2.05) is 0 Å². The van der Waals surface area contributed by atoms with E-state index < -0.39 is 82.8 Å². The minimum Gasteiger partial charge on any atom is -0.743 e. The van der Waals surface area contributed by atoms with Gasteiger partial charge in [0.25, 0.3) is 0 Å². The molecular weight excluding hydrogens is 586 g/mol. The van der Waals surface area contributed by atoms with Gasteiger partial charge in [-0.15, -0.1) is 0 Å². The van der Waals surface area contributed by atoms with Crippen LogP contribution in [0.15, 0.2) is 0 Å². The zero-order valence-corrected chi connectivity index (χ0v) is 19.8. The number of hydrogen-bond acceptors (Lipinski definition) is 3. The number of hydrogen-bond donors (Lipinski definition) is 0. The van der Waals surface area contributed by atoms with Crippen LogP contribution in [0.25, 0.3) is 0 Å². The van der Waals surface area contributed by atoms with Crippen LogP contribution in [0.3, 0.4) is 0 Å². The summed E-state index contributed by atoms with van der Waals surface area (Å²) < 4.78 is 251. The van der Waals surface area contributed by atoms with Gasteiger partial charge in [-0.3, -0.25) is 0 Å². The maximum Gasteiger partial charge on any atom is 1.00 e. The summed E-state index contributed by atoms with van der Waals surface area (Å²) >= 11 is 0. The molecule has 34 heavy (non-hydrogen) atoms. The Balaban J connectivity index is 0. The first-order valence-corrected chi connectivity index (χ1v) is 9.03. The summed E-state index contributed by atoms with van der Waals surface area (Å²) in [5.74, 6) is -48.3. The van der Waals surface area contributed by atoms with Crippen molar-refractivity contribution in [1.29, 1.82) is 0 Å². The monoisotopic (exact) mass is 594 g/mol. The second kappa shape index (κ2) is 10.3. The van der Waals surface area contributed by atoms with Crippen LogP contribution in [-0.4, -0.2) is 59.9 Å². The third-order valence-corrected chi connectivity index (χ3v) is 4.80. The molecule has 0 fully saturated rings. The molecule has 0 heterocycles. The van der Waals surface area contributed by atoms with Crippen LogP contribution in [0, 0.1) is 0 Å². The third-order valence-electron chi connectivity index (χ3n) is 3.92. The first-order chi connectivity index (χ1) is 14.0. The fourth-order valence-corrected chi connectivity index (χ4v) is 2.43. The molecule has 22 heteroatoms. The maximum atomic E-state index is 13.4. The standard InChI is InChI=1S/C12H9F17O3S.K/c13-5(14,3-1-2-4-6(15,16)17)7(18,19)8(20,21)9(22,23)10(24,25)11(26,27)12(28,29)33(30,31)32;/h1-4H2,(H,30,31,32);/q;+1/p-1. The van der Waals surface area contributed by atoms with Gasteiger partial charge in [0.05, 0.1) is 0 Å². The Morgan fingerprint density at radius 1 is 0.500 bits per heavy atom. The van der Waals surface area contributed by atoms with Crippen molar-refractivity contribution in [2.75, 3.05) is 0 Å². The van der Waals surface area contributed by atoms with E-state index in [2.05, 4.69) is 0 Å². The van der Waals surface area contributed by atoms with Crippen LogP contribution in [-0.2, 0) is 10.1 Å². The number of alkyl halides is 17. The molecule has 0 unspecified atom stereocenters. The van der Waals surface area contributed by atoms with Gasteiger partial charge < -0.3 is 4.55 Å². The van der Waals surface area contributed by atoms with E-state index in [-0.39, 0.29) is 51.4 Å². The minimum atomic E-state index is -8.59. The van der Waals surface area contributed by atoms with E-state index in [0.717, 1.165) is 0 Å². The normalized spacial score (nSPS) is 15.8. The molecule has 0 radical (unpaired) electrons. The number of halogens is 17. The molecule has 0 N–H and O–H groups in total. The molecule has 0 aliphatic carbocycles. The van der Waals surface area contributed by atoms with Crippen molar-refractivity contribution in [3.63, 3.8) is 0 Å². The van der Waals surface area contributed by atoms with E-state index in [0.29, 0.717) is 0 Å². The van der Waals surface area contributed by atoms with E-state index >= 15 is 0 Å². The molecule has 0 aromatic heterocycles. The molecular formula is C12H8F17KO3S. The average molecular weight is 594 g/mol. The Kier molecular flexibility index (Phi) is 11.0. The smallest absolute Gasteiger partial charge is 0.743 e. The second-order valence-electron chi connectivity index (χ2n) is 6.37. The van der Waals surface area contributed by atoms with Gasteiger partial charge in [0.2, 0.25) is 0 Å². The van der Waals surface area contributed by atoms with Crippen molar-refractivity contribution in [3.05, 3.63) is 0 Å². The van der Waals surface area contributed by atoms with Crippen molar-refractivity contribution in [3.8, 4) is 0 Å². The first kappa shape index (κ1) is 36.5. The molecule has 0 spiro atoms. The zero-order valence-electron chi connectivity index (χ0n) is 15.9. The molecule has 0 aromatic carbocycles. The van der Waals surface area contributed by atoms with E-state index in [1.165, 1.54) is 0 Å². The maximum absolute atomic E-state index is 13.4. The summed E-state index contributed by atoms with van der Waals surface area (Å²) in [6.07, 6.45) is -13.2. The van der Waals surface area contributed by atoms with Crippen molar-refractivity contribution in [2.45, 2.75) is 72.6 Å². The summed E-state index contributed by atoms with van der Waals surface area (Å²) in [4.78, 5) is 0. The molecule has 0 rings (SSSR count). The van der Waals surface area contributed by atoms with Gasteiger partial charge in [-0.05, 0) is 12.8 Å². The zero-order chi connectivity index (χ0) is 27.3. The van der Waals surface area contributed by atoms with Crippen molar-refractivity contribution < 1.29 is 139 Å². The molecule has 0 amide bonds. The molecule has 0 aliphatic rings. The largest absolute Gasteiger partial charge is 1.00 e. The van der Waals surface area contributed by atoms with Crippen LogP contribution in [0.5, 0.6) is 0 Å². The van der Waals surface area contributed by atoms with Crippen LogP contribution >= 0.6 is 0 Å². The Bertz CT molecular complexity index is 805. The second-order valence-corrected chi connectivity index (χ2v) is 7.79. The van der Waals surface area contributed by atoms with Gasteiger partial charge in [0, 0.05) is 12.8 Å². The number of unbranched alkanes of at least 4 members (excludes halogenated alkanes) is 1. The van der Waals surface area contributed by atoms with E-state index in [9.17, 15) is 87.6 Å². The van der Waals surface area contributed by atoms with E-state index in [1.54, 1.807) is 0 Å². The van der Waals surface area contributed by atoms with Crippen molar-refractivity contribution >= 4 is 10.1 Å². The third kappa shape index (κ3) is 6.08. The predicted octanol–water partition coefficient (Wildman–Crippen LogP) is 3.06. The summed E-state index contributed by atoms with van der Waals surface area (Å²) in [5.41, 5.74) is 0. The molecule has 0 saturated heterocycles. The molecule has 0 atom stereocenters. The van der Waals surface area contributed by atoms with Crippen LogP contribution in [0.2, 0.25) is 0 Å². The minimum absolute atomic E-state index is 0. The fraction of sp³-hybridized carbons (Fsp3) is 1.00.